The smallest absolute Gasteiger partial charge is 0.307 e. The van der Waals surface area contributed by atoms with Gasteiger partial charge in [0.25, 0.3) is 0 Å². The fourth-order valence-corrected chi connectivity index (χ4v) is 4.35. The second kappa shape index (κ2) is 5.26. The molecular formula is C25H14N2O2. The van der Waals surface area contributed by atoms with Crippen LogP contribution in [0.15, 0.2) is 93.8 Å². The first-order valence-electron chi connectivity index (χ1n) is 9.57. The minimum Gasteiger partial charge on any atom is -0.456 e. The summed E-state index contributed by atoms with van der Waals surface area (Å²) in [6.07, 6.45) is 0. The van der Waals surface area contributed by atoms with Crippen LogP contribution in [0, 0.1) is 0 Å². The third-order valence-corrected chi connectivity index (χ3v) is 5.64. The highest BCUT2D eigenvalue weighted by atomic mass is 16.4. The Morgan fingerprint density at radius 3 is 2.21 bits per heavy atom. The fraction of sp³-hybridized carbons (Fsp3) is 0. The van der Waals surface area contributed by atoms with Crippen LogP contribution in [0.4, 0.5) is 0 Å². The Bertz CT molecular complexity index is 1680. The second-order valence-corrected chi connectivity index (χ2v) is 7.28. The Kier molecular flexibility index (Phi) is 2.71. The third-order valence-electron chi connectivity index (χ3n) is 5.64. The summed E-state index contributed by atoms with van der Waals surface area (Å²) in [4.78, 5) is 4.74. The number of rotatable bonds is 1. The minimum absolute atomic E-state index is 0.563. The minimum atomic E-state index is 0.563. The Morgan fingerprint density at radius 1 is 0.552 bits per heavy atom. The Balaban J connectivity index is 1.67. The van der Waals surface area contributed by atoms with E-state index >= 15 is 0 Å². The molecule has 7 rings (SSSR count). The van der Waals surface area contributed by atoms with Crippen molar-refractivity contribution in [2.45, 2.75) is 0 Å². The molecule has 136 valence electrons. The van der Waals surface area contributed by atoms with Crippen molar-refractivity contribution in [2.75, 3.05) is 0 Å². The molecule has 4 aromatic carbocycles. The number of nitrogens with zero attached hydrogens (tertiary/aromatic N) is 2. The van der Waals surface area contributed by atoms with Gasteiger partial charge in [-0.15, -0.1) is 0 Å². The molecule has 0 unspecified atom stereocenters. The number of hydrogen-bond acceptors (Lipinski definition) is 3. The molecule has 0 amide bonds. The molecule has 0 N–H and O–H groups in total. The van der Waals surface area contributed by atoms with Gasteiger partial charge in [0.05, 0.1) is 11.0 Å². The molecule has 0 spiro atoms. The van der Waals surface area contributed by atoms with Crippen molar-refractivity contribution in [3.8, 4) is 6.01 Å². The SMILES string of the molecule is c1ccc2oc(-n3c4ccccc4c4cc5c(cc43)oc3ccccc35)nc2c1. The highest BCUT2D eigenvalue weighted by Crippen LogP contribution is 2.38. The normalized spacial score (nSPS) is 12.1. The average molecular weight is 374 g/mol. The van der Waals surface area contributed by atoms with E-state index in [0.717, 1.165) is 54.8 Å². The van der Waals surface area contributed by atoms with Crippen molar-refractivity contribution in [3.05, 3.63) is 84.9 Å². The van der Waals surface area contributed by atoms with Crippen molar-refractivity contribution in [1.29, 1.82) is 0 Å². The Labute approximate surface area is 164 Å². The number of para-hydroxylation sites is 4. The van der Waals surface area contributed by atoms with E-state index in [4.69, 9.17) is 13.8 Å². The molecule has 3 aromatic heterocycles. The molecule has 7 aromatic rings. The molecule has 4 heteroatoms. The monoisotopic (exact) mass is 374 g/mol. The van der Waals surface area contributed by atoms with Gasteiger partial charge >= 0.3 is 6.01 Å². The topological polar surface area (TPSA) is 44.1 Å². The largest absolute Gasteiger partial charge is 0.456 e. The summed E-state index contributed by atoms with van der Waals surface area (Å²) in [7, 11) is 0. The van der Waals surface area contributed by atoms with E-state index in [0.29, 0.717) is 6.01 Å². The quantitative estimate of drug-likeness (QED) is 0.316. The van der Waals surface area contributed by atoms with E-state index in [1.54, 1.807) is 0 Å². The van der Waals surface area contributed by atoms with Crippen LogP contribution in [-0.4, -0.2) is 9.55 Å². The maximum Gasteiger partial charge on any atom is 0.307 e. The van der Waals surface area contributed by atoms with E-state index < -0.39 is 0 Å². The van der Waals surface area contributed by atoms with Crippen LogP contribution in [-0.2, 0) is 0 Å². The van der Waals surface area contributed by atoms with Crippen LogP contribution in [0.1, 0.15) is 0 Å². The maximum absolute atomic E-state index is 6.14. The Morgan fingerprint density at radius 2 is 1.31 bits per heavy atom. The molecular weight excluding hydrogens is 360 g/mol. The molecule has 0 aliphatic heterocycles. The average Bonchev–Trinajstić information content (AvgIpc) is 3.43. The predicted octanol–water partition coefficient (Wildman–Crippen LogP) is 6.82. The van der Waals surface area contributed by atoms with Gasteiger partial charge in [-0.2, -0.15) is 4.98 Å². The van der Waals surface area contributed by atoms with Gasteiger partial charge in [-0.05, 0) is 30.3 Å². The number of aromatic nitrogens is 2. The van der Waals surface area contributed by atoms with Crippen LogP contribution in [0.3, 0.4) is 0 Å². The van der Waals surface area contributed by atoms with Gasteiger partial charge in [0.2, 0.25) is 0 Å². The van der Waals surface area contributed by atoms with Gasteiger partial charge in [-0.25, -0.2) is 0 Å². The zero-order valence-corrected chi connectivity index (χ0v) is 15.3. The summed E-state index contributed by atoms with van der Waals surface area (Å²) in [5.74, 6) is 0. The molecule has 0 aliphatic carbocycles. The van der Waals surface area contributed by atoms with Crippen molar-refractivity contribution < 1.29 is 8.83 Å². The number of furan rings is 1. The first-order valence-corrected chi connectivity index (χ1v) is 9.57. The molecule has 4 nitrogen and oxygen atoms in total. The lowest BCUT2D eigenvalue weighted by molar-refractivity contribution is 0.574. The molecule has 0 aliphatic rings. The second-order valence-electron chi connectivity index (χ2n) is 7.28. The van der Waals surface area contributed by atoms with Gasteiger partial charge < -0.3 is 8.83 Å². The van der Waals surface area contributed by atoms with Crippen LogP contribution in [0.5, 0.6) is 0 Å². The molecule has 0 saturated carbocycles. The van der Waals surface area contributed by atoms with Gasteiger partial charge in [-0.1, -0.05) is 48.5 Å². The lowest BCUT2D eigenvalue weighted by Crippen LogP contribution is -1.93. The summed E-state index contributed by atoms with van der Waals surface area (Å²) in [6.45, 7) is 0. The number of fused-ring (bicyclic) bond motifs is 7. The molecule has 29 heavy (non-hydrogen) atoms. The summed E-state index contributed by atoms with van der Waals surface area (Å²) < 4.78 is 14.3. The zero-order valence-electron chi connectivity index (χ0n) is 15.3. The van der Waals surface area contributed by atoms with E-state index in [-0.39, 0.29) is 0 Å². The fourth-order valence-electron chi connectivity index (χ4n) is 4.35. The summed E-state index contributed by atoms with van der Waals surface area (Å²) >= 11 is 0. The first-order chi connectivity index (χ1) is 14.4. The number of benzene rings is 4. The van der Waals surface area contributed by atoms with Crippen LogP contribution >= 0.6 is 0 Å². The summed E-state index contributed by atoms with van der Waals surface area (Å²) in [5.41, 5.74) is 5.46. The van der Waals surface area contributed by atoms with E-state index in [9.17, 15) is 0 Å². The molecule has 0 saturated heterocycles. The first kappa shape index (κ1) is 14.9. The van der Waals surface area contributed by atoms with E-state index in [1.165, 1.54) is 0 Å². The summed E-state index contributed by atoms with van der Waals surface area (Å²) in [5, 5.41) is 4.57. The van der Waals surface area contributed by atoms with Crippen molar-refractivity contribution in [3.63, 3.8) is 0 Å². The lowest BCUT2D eigenvalue weighted by atomic mass is 10.1. The standard InChI is InChI=1S/C25H14N2O2/c1-4-10-20-15(7-1)17-13-18-16-8-2-5-11-22(16)28-24(18)14-21(17)27(20)25-26-19-9-3-6-12-23(19)29-25/h1-14H. The molecule has 0 fully saturated rings. The number of hydrogen-bond donors (Lipinski definition) is 0. The van der Waals surface area contributed by atoms with Gasteiger partial charge in [-0.3, -0.25) is 4.57 Å². The van der Waals surface area contributed by atoms with Gasteiger partial charge in [0.1, 0.15) is 16.7 Å². The molecule has 3 heterocycles. The molecule has 0 radical (unpaired) electrons. The van der Waals surface area contributed by atoms with Crippen LogP contribution in [0.25, 0.3) is 60.9 Å². The molecule has 0 atom stereocenters. The highest BCUT2D eigenvalue weighted by Gasteiger charge is 2.18. The summed E-state index contributed by atoms with van der Waals surface area (Å²) in [6, 6.07) is 29.2. The zero-order chi connectivity index (χ0) is 18.9. The number of oxazole rings is 1. The van der Waals surface area contributed by atoms with Crippen LogP contribution in [0.2, 0.25) is 0 Å². The highest BCUT2D eigenvalue weighted by molar-refractivity contribution is 6.17. The lowest BCUT2D eigenvalue weighted by Gasteiger charge is -2.01. The van der Waals surface area contributed by atoms with E-state index in [1.807, 2.05) is 48.5 Å². The maximum atomic E-state index is 6.14. The van der Waals surface area contributed by atoms with Crippen molar-refractivity contribution in [2.24, 2.45) is 0 Å². The Hall–Kier alpha value is -4.05. The van der Waals surface area contributed by atoms with Gasteiger partial charge in [0, 0.05) is 27.6 Å². The molecule has 0 bridgehead atoms. The van der Waals surface area contributed by atoms with Crippen molar-refractivity contribution >= 4 is 54.8 Å². The van der Waals surface area contributed by atoms with E-state index in [2.05, 4.69) is 41.0 Å². The third kappa shape index (κ3) is 1.95. The van der Waals surface area contributed by atoms with Crippen molar-refractivity contribution in [1.82, 2.24) is 9.55 Å². The van der Waals surface area contributed by atoms with Crippen LogP contribution < -0.4 is 0 Å². The van der Waals surface area contributed by atoms with Gasteiger partial charge in [0.15, 0.2) is 5.58 Å². The predicted molar refractivity (Wildman–Crippen MR) is 116 cm³/mol.